The molecular formula is C24H24N4O5. The summed E-state index contributed by atoms with van der Waals surface area (Å²) in [7, 11) is 0. The third-order valence-corrected chi connectivity index (χ3v) is 5.29. The van der Waals surface area contributed by atoms with Gasteiger partial charge in [0.1, 0.15) is 12.4 Å². The molecule has 1 aromatic heterocycles. The van der Waals surface area contributed by atoms with Crippen molar-refractivity contribution in [3.8, 4) is 5.69 Å². The van der Waals surface area contributed by atoms with Crippen LogP contribution in [0.5, 0.6) is 0 Å². The Morgan fingerprint density at radius 2 is 1.85 bits per heavy atom. The number of para-hydroxylation sites is 1. The van der Waals surface area contributed by atoms with Gasteiger partial charge in [-0.2, -0.15) is 0 Å². The quantitative estimate of drug-likeness (QED) is 0.561. The number of imidazole rings is 1. The van der Waals surface area contributed by atoms with Gasteiger partial charge in [0, 0.05) is 5.69 Å². The fourth-order valence-corrected chi connectivity index (χ4v) is 3.84. The molecule has 0 radical (unpaired) electrons. The molecule has 2 amide bonds. The lowest BCUT2D eigenvalue weighted by Crippen LogP contribution is -2.50. The lowest BCUT2D eigenvalue weighted by atomic mass is 10.0. The van der Waals surface area contributed by atoms with Gasteiger partial charge in [-0.05, 0) is 51.1 Å². The molecule has 2 heterocycles. The van der Waals surface area contributed by atoms with Gasteiger partial charge in [-0.15, -0.1) is 0 Å². The first-order valence-corrected chi connectivity index (χ1v) is 10.6. The number of hydrogen-bond acceptors (Lipinski definition) is 6. The van der Waals surface area contributed by atoms with Crippen molar-refractivity contribution >= 4 is 29.0 Å². The first kappa shape index (κ1) is 22.1. The van der Waals surface area contributed by atoms with E-state index in [0.29, 0.717) is 11.1 Å². The van der Waals surface area contributed by atoms with Crippen LogP contribution in [0.2, 0.25) is 0 Å². The van der Waals surface area contributed by atoms with Crippen molar-refractivity contribution in [1.29, 1.82) is 0 Å². The van der Waals surface area contributed by atoms with E-state index in [0.717, 1.165) is 17.0 Å². The van der Waals surface area contributed by atoms with Crippen molar-refractivity contribution in [2.24, 2.45) is 0 Å². The number of ether oxygens (including phenoxy) is 2. The van der Waals surface area contributed by atoms with E-state index in [4.69, 9.17) is 9.47 Å². The number of esters is 2. The summed E-state index contributed by atoms with van der Waals surface area (Å²) in [5, 5.41) is 5.14. The van der Waals surface area contributed by atoms with Crippen LogP contribution in [0, 0.1) is 6.92 Å². The molecule has 3 aromatic rings. The van der Waals surface area contributed by atoms with E-state index in [1.165, 1.54) is 0 Å². The lowest BCUT2D eigenvalue weighted by Gasteiger charge is -2.26. The zero-order valence-corrected chi connectivity index (χ0v) is 18.5. The number of amides is 2. The number of carbonyl (C=O) groups excluding carboxylic acids is 3. The molecule has 0 bridgehead atoms. The van der Waals surface area contributed by atoms with Crippen LogP contribution in [0.3, 0.4) is 0 Å². The summed E-state index contributed by atoms with van der Waals surface area (Å²) < 4.78 is 12.5. The number of aromatic nitrogens is 2. The zero-order valence-electron chi connectivity index (χ0n) is 18.5. The number of benzene rings is 2. The molecule has 0 unspecified atom stereocenters. The molecule has 0 saturated heterocycles. The molecule has 2 N–H and O–H groups in total. The number of nitrogens with zero attached hydrogens (tertiary/aromatic N) is 2. The Hall–Kier alpha value is -4.14. The average molecular weight is 448 g/mol. The third kappa shape index (κ3) is 4.43. The van der Waals surface area contributed by atoms with Crippen LogP contribution in [-0.4, -0.2) is 46.8 Å². The Kier molecular flexibility index (Phi) is 6.12. The van der Waals surface area contributed by atoms with Crippen molar-refractivity contribution in [2.75, 3.05) is 13.2 Å². The molecule has 0 spiro atoms. The highest BCUT2D eigenvalue weighted by molar-refractivity contribution is 5.96. The summed E-state index contributed by atoms with van der Waals surface area (Å²) in [6, 6.07) is 13.9. The fourth-order valence-electron chi connectivity index (χ4n) is 3.84. The van der Waals surface area contributed by atoms with E-state index in [1.54, 1.807) is 26.0 Å². The smallest absolute Gasteiger partial charge is 0.338 e. The largest absolute Gasteiger partial charge is 0.463 e. The first-order valence-electron chi connectivity index (χ1n) is 10.6. The minimum atomic E-state index is -0.597. The molecule has 0 aliphatic carbocycles. The average Bonchev–Trinajstić information content (AvgIpc) is 3.12. The number of aryl methyl sites for hydroxylation is 1. The normalized spacial score (nSPS) is 15.7. The minimum absolute atomic E-state index is 0.186. The van der Waals surface area contributed by atoms with Crippen LogP contribution in [0.4, 0.5) is 4.79 Å². The van der Waals surface area contributed by atoms with Crippen molar-refractivity contribution in [3.05, 3.63) is 71.2 Å². The third-order valence-electron chi connectivity index (χ3n) is 5.29. The molecule has 1 aliphatic heterocycles. The molecule has 9 heteroatoms. The fraction of sp³-hybridized carbons (Fsp3) is 0.250. The lowest BCUT2D eigenvalue weighted by molar-refractivity contribution is -0.139. The Balaban J connectivity index is 1.57. The van der Waals surface area contributed by atoms with E-state index in [2.05, 4.69) is 15.6 Å². The minimum Gasteiger partial charge on any atom is -0.463 e. The van der Waals surface area contributed by atoms with E-state index >= 15 is 0 Å². The highest BCUT2D eigenvalue weighted by Gasteiger charge is 2.30. The molecular weight excluding hydrogens is 424 g/mol. The van der Waals surface area contributed by atoms with Gasteiger partial charge >= 0.3 is 18.0 Å². The zero-order chi connectivity index (χ0) is 23.5. The van der Waals surface area contributed by atoms with Crippen LogP contribution < -0.4 is 10.6 Å². The molecule has 1 aliphatic rings. The summed E-state index contributed by atoms with van der Waals surface area (Å²) in [5.74, 6) is -0.385. The monoisotopic (exact) mass is 448 g/mol. The number of carbonyl (C=O) groups is 3. The molecule has 33 heavy (non-hydrogen) atoms. The Bertz CT molecular complexity index is 1260. The maximum atomic E-state index is 12.7. The number of fused-ring (bicyclic) bond motifs is 1. The standard InChI is InChI=1S/C24H24N4O5/c1-4-32-23(30)21-14(2)25-24(31)27-19(21)13-33-22(29)16-10-11-20-18(12-16)26-15(3)28(20)17-8-6-5-7-9-17/h5-12,14H,4,13H2,1-3H3,(H2,25,27,31)/t14-/m0/s1. The summed E-state index contributed by atoms with van der Waals surface area (Å²) in [6.07, 6.45) is 0. The van der Waals surface area contributed by atoms with E-state index in [-0.39, 0.29) is 24.5 Å². The second-order valence-electron chi connectivity index (χ2n) is 7.54. The van der Waals surface area contributed by atoms with Gasteiger partial charge in [-0.3, -0.25) is 4.57 Å². The van der Waals surface area contributed by atoms with Gasteiger partial charge in [0.15, 0.2) is 0 Å². The van der Waals surface area contributed by atoms with Gasteiger partial charge in [-0.1, -0.05) is 18.2 Å². The maximum absolute atomic E-state index is 12.7. The number of hydrogen-bond donors (Lipinski definition) is 2. The van der Waals surface area contributed by atoms with Gasteiger partial charge in [0.25, 0.3) is 0 Å². The van der Waals surface area contributed by atoms with E-state index < -0.39 is 24.0 Å². The van der Waals surface area contributed by atoms with Crippen LogP contribution >= 0.6 is 0 Å². The summed E-state index contributed by atoms with van der Waals surface area (Å²) in [5.41, 5.74) is 3.22. The number of urea groups is 1. The molecule has 1 atom stereocenters. The molecule has 2 aromatic carbocycles. The SMILES string of the molecule is CCOC(=O)C1=C(COC(=O)c2ccc3c(c2)nc(C)n3-c2ccccc2)NC(=O)N[C@H]1C. The van der Waals surface area contributed by atoms with E-state index in [1.807, 2.05) is 47.9 Å². The summed E-state index contributed by atoms with van der Waals surface area (Å²) in [6.45, 7) is 5.15. The molecule has 9 nitrogen and oxygen atoms in total. The predicted octanol–water partition coefficient (Wildman–Crippen LogP) is 3.01. The van der Waals surface area contributed by atoms with Crippen LogP contribution in [0.25, 0.3) is 16.7 Å². The van der Waals surface area contributed by atoms with Crippen molar-refractivity contribution < 1.29 is 23.9 Å². The van der Waals surface area contributed by atoms with Crippen LogP contribution in [0.15, 0.2) is 59.8 Å². The van der Waals surface area contributed by atoms with Crippen molar-refractivity contribution in [3.63, 3.8) is 0 Å². The molecule has 170 valence electrons. The topological polar surface area (TPSA) is 112 Å². The van der Waals surface area contributed by atoms with Gasteiger partial charge in [0.05, 0.1) is 40.5 Å². The Labute approximate surface area is 190 Å². The van der Waals surface area contributed by atoms with Crippen LogP contribution in [0.1, 0.15) is 30.0 Å². The molecule has 4 rings (SSSR count). The molecule has 0 fully saturated rings. The molecule has 0 saturated carbocycles. The Morgan fingerprint density at radius 1 is 1.09 bits per heavy atom. The number of rotatable bonds is 6. The second kappa shape index (κ2) is 9.15. The van der Waals surface area contributed by atoms with Crippen LogP contribution in [-0.2, 0) is 14.3 Å². The highest BCUT2D eigenvalue weighted by Crippen LogP contribution is 2.23. The predicted molar refractivity (Wildman–Crippen MR) is 121 cm³/mol. The highest BCUT2D eigenvalue weighted by atomic mass is 16.5. The van der Waals surface area contributed by atoms with Crippen molar-refractivity contribution in [1.82, 2.24) is 20.2 Å². The second-order valence-corrected chi connectivity index (χ2v) is 7.54. The van der Waals surface area contributed by atoms with E-state index in [9.17, 15) is 14.4 Å². The van der Waals surface area contributed by atoms with Gasteiger partial charge < -0.3 is 20.1 Å². The maximum Gasteiger partial charge on any atom is 0.338 e. The summed E-state index contributed by atoms with van der Waals surface area (Å²) in [4.78, 5) is 41.5. The van der Waals surface area contributed by atoms with Gasteiger partial charge in [-0.25, -0.2) is 19.4 Å². The number of nitrogens with one attached hydrogen (secondary N) is 2. The first-order chi connectivity index (χ1) is 15.9. The van der Waals surface area contributed by atoms with Gasteiger partial charge in [0.2, 0.25) is 0 Å². The Morgan fingerprint density at radius 3 is 2.58 bits per heavy atom. The summed E-state index contributed by atoms with van der Waals surface area (Å²) >= 11 is 0. The van der Waals surface area contributed by atoms with Crippen molar-refractivity contribution in [2.45, 2.75) is 26.8 Å².